The average molecular weight is 359 g/mol. The van der Waals surface area contributed by atoms with E-state index in [1.807, 2.05) is 26.8 Å². The lowest BCUT2D eigenvalue weighted by Crippen LogP contribution is -2.39. The number of carbonyl (C=O) groups excluding carboxylic acids is 1. The Bertz CT molecular complexity index is 852. The molecule has 0 saturated carbocycles. The predicted molar refractivity (Wildman–Crippen MR) is 94.8 cm³/mol. The molecule has 0 unspecified atom stereocenters. The molecule has 0 fully saturated rings. The smallest absolute Gasteiger partial charge is 0.410 e. The standard InChI is InChI=1S/C19H22FN3O3/c1-12-21-22-17(25-12)14-5-6-15(16(20)11-14)13-7-9-23(10-8-13)18(24)26-19(2,3)4/h5-7,11H,8-10H2,1-4H3. The summed E-state index contributed by atoms with van der Waals surface area (Å²) in [4.78, 5) is 13.7. The van der Waals surface area contributed by atoms with Crippen LogP contribution in [0.25, 0.3) is 17.0 Å². The second kappa shape index (κ2) is 6.90. The summed E-state index contributed by atoms with van der Waals surface area (Å²) in [5.74, 6) is 0.374. The fraction of sp³-hybridized carbons (Fsp3) is 0.421. The third kappa shape index (κ3) is 4.09. The van der Waals surface area contributed by atoms with Gasteiger partial charge >= 0.3 is 6.09 Å². The van der Waals surface area contributed by atoms with Gasteiger partial charge in [-0.2, -0.15) is 0 Å². The molecule has 0 spiro atoms. The quantitative estimate of drug-likeness (QED) is 0.803. The van der Waals surface area contributed by atoms with Crippen molar-refractivity contribution in [2.45, 2.75) is 39.7 Å². The van der Waals surface area contributed by atoms with Crippen molar-refractivity contribution in [1.29, 1.82) is 0 Å². The van der Waals surface area contributed by atoms with Gasteiger partial charge in [-0.1, -0.05) is 12.1 Å². The number of hydrogen-bond donors (Lipinski definition) is 0. The lowest BCUT2D eigenvalue weighted by atomic mass is 9.98. The summed E-state index contributed by atoms with van der Waals surface area (Å²) in [7, 11) is 0. The van der Waals surface area contributed by atoms with Gasteiger partial charge < -0.3 is 14.1 Å². The summed E-state index contributed by atoms with van der Waals surface area (Å²) in [6, 6.07) is 4.86. The number of hydrogen-bond acceptors (Lipinski definition) is 5. The molecular weight excluding hydrogens is 337 g/mol. The summed E-state index contributed by atoms with van der Waals surface area (Å²) >= 11 is 0. The Hall–Kier alpha value is -2.70. The number of nitrogens with zero attached hydrogens (tertiary/aromatic N) is 3. The fourth-order valence-corrected chi connectivity index (χ4v) is 2.73. The highest BCUT2D eigenvalue weighted by atomic mass is 19.1. The molecule has 7 heteroatoms. The Morgan fingerprint density at radius 3 is 2.62 bits per heavy atom. The van der Waals surface area contributed by atoms with Crippen LogP contribution >= 0.6 is 0 Å². The van der Waals surface area contributed by atoms with Gasteiger partial charge in [0, 0.05) is 31.1 Å². The molecule has 0 bridgehead atoms. The third-order valence-electron chi connectivity index (χ3n) is 3.95. The van der Waals surface area contributed by atoms with E-state index in [2.05, 4.69) is 10.2 Å². The summed E-state index contributed by atoms with van der Waals surface area (Å²) < 4.78 is 25.3. The minimum Gasteiger partial charge on any atom is -0.444 e. The molecule has 1 amide bonds. The van der Waals surface area contributed by atoms with Gasteiger partial charge in [-0.3, -0.25) is 0 Å². The first kappa shape index (κ1) is 18.1. The second-order valence-corrected chi connectivity index (χ2v) is 7.23. The molecule has 138 valence electrons. The Kier molecular flexibility index (Phi) is 4.80. The molecule has 1 aliphatic heterocycles. The minimum absolute atomic E-state index is 0.293. The molecular formula is C19H22FN3O3. The van der Waals surface area contributed by atoms with Crippen LogP contribution in [0.1, 0.15) is 38.6 Å². The van der Waals surface area contributed by atoms with E-state index in [4.69, 9.17) is 9.15 Å². The van der Waals surface area contributed by atoms with E-state index in [9.17, 15) is 9.18 Å². The van der Waals surface area contributed by atoms with E-state index < -0.39 is 5.60 Å². The Morgan fingerprint density at radius 1 is 1.31 bits per heavy atom. The minimum atomic E-state index is -0.532. The van der Waals surface area contributed by atoms with Crippen LogP contribution in [0.3, 0.4) is 0 Å². The molecule has 6 nitrogen and oxygen atoms in total. The number of amides is 1. The highest BCUT2D eigenvalue weighted by Gasteiger charge is 2.24. The van der Waals surface area contributed by atoms with Gasteiger partial charge in [0.15, 0.2) is 0 Å². The van der Waals surface area contributed by atoms with Crippen molar-refractivity contribution in [1.82, 2.24) is 15.1 Å². The maximum Gasteiger partial charge on any atom is 0.410 e. The summed E-state index contributed by atoms with van der Waals surface area (Å²) in [6.45, 7) is 8.07. The van der Waals surface area contributed by atoms with E-state index in [1.165, 1.54) is 6.07 Å². The number of rotatable bonds is 2. The van der Waals surface area contributed by atoms with Crippen LogP contribution in [0.4, 0.5) is 9.18 Å². The first-order chi connectivity index (χ1) is 12.2. The van der Waals surface area contributed by atoms with Gasteiger partial charge in [0.05, 0.1) is 0 Å². The normalized spacial score (nSPS) is 15.0. The zero-order valence-electron chi connectivity index (χ0n) is 15.4. The van der Waals surface area contributed by atoms with Crippen LogP contribution in [0.15, 0.2) is 28.7 Å². The van der Waals surface area contributed by atoms with E-state index in [1.54, 1.807) is 24.0 Å². The van der Waals surface area contributed by atoms with Gasteiger partial charge in [0.1, 0.15) is 11.4 Å². The van der Waals surface area contributed by atoms with Crippen LogP contribution in [0.2, 0.25) is 0 Å². The van der Waals surface area contributed by atoms with Crippen molar-refractivity contribution in [3.8, 4) is 11.5 Å². The summed E-state index contributed by atoms with van der Waals surface area (Å²) in [5.41, 5.74) is 1.40. The first-order valence-corrected chi connectivity index (χ1v) is 8.50. The van der Waals surface area contributed by atoms with Crippen molar-refractivity contribution in [3.63, 3.8) is 0 Å². The average Bonchev–Trinajstić information content (AvgIpc) is 3.00. The van der Waals surface area contributed by atoms with Crippen molar-refractivity contribution in [2.24, 2.45) is 0 Å². The van der Waals surface area contributed by atoms with Crippen molar-refractivity contribution >= 4 is 11.7 Å². The zero-order valence-corrected chi connectivity index (χ0v) is 15.4. The van der Waals surface area contributed by atoms with Crippen LogP contribution < -0.4 is 0 Å². The molecule has 0 saturated heterocycles. The number of halogens is 1. The Morgan fingerprint density at radius 2 is 2.08 bits per heavy atom. The van der Waals surface area contributed by atoms with Gasteiger partial charge in [-0.15, -0.1) is 10.2 Å². The van der Waals surface area contributed by atoms with Gasteiger partial charge in [0.25, 0.3) is 0 Å². The number of aromatic nitrogens is 2. The molecule has 1 aromatic heterocycles. The maximum atomic E-state index is 14.6. The number of aryl methyl sites for hydroxylation is 1. The number of ether oxygens (including phenoxy) is 1. The summed E-state index contributed by atoms with van der Waals surface area (Å²) in [5, 5.41) is 7.66. The lowest BCUT2D eigenvalue weighted by molar-refractivity contribution is 0.0270. The molecule has 1 aromatic carbocycles. The topological polar surface area (TPSA) is 68.5 Å². The highest BCUT2D eigenvalue weighted by Crippen LogP contribution is 2.28. The molecule has 0 N–H and O–H groups in total. The number of benzene rings is 1. The van der Waals surface area contributed by atoms with Gasteiger partial charge in [-0.25, -0.2) is 9.18 Å². The number of carbonyl (C=O) groups is 1. The highest BCUT2D eigenvalue weighted by molar-refractivity contribution is 5.73. The molecule has 0 aliphatic carbocycles. The van der Waals surface area contributed by atoms with Crippen LogP contribution in [0.5, 0.6) is 0 Å². The Balaban J connectivity index is 1.73. The largest absolute Gasteiger partial charge is 0.444 e. The fourth-order valence-electron chi connectivity index (χ4n) is 2.73. The lowest BCUT2D eigenvalue weighted by Gasteiger charge is -2.29. The summed E-state index contributed by atoms with van der Waals surface area (Å²) in [6.07, 6.45) is 2.08. The van der Waals surface area contributed by atoms with Crippen molar-refractivity contribution in [2.75, 3.05) is 13.1 Å². The predicted octanol–water partition coefficient (Wildman–Crippen LogP) is 4.21. The van der Waals surface area contributed by atoms with E-state index in [-0.39, 0.29) is 11.9 Å². The van der Waals surface area contributed by atoms with Crippen molar-refractivity contribution in [3.05, 3.63) is 41.5 Å². The third-order valence-corrected chi connectivity index (χ3v) is 3.95. The molecule has 26 heavy (non-hydrogen) atoms. The van der Waals surface area contributed by atoms with E-state index in [0.717, 1.165) is 5.57 Å². The van der Waals surface area contributed by atoms with Crippen LogP contribution in [0, 0.1) is 12.7 Å². The zero-order chi connectivity index (χ0) is 18.9. The molecule has 2 heterocycles. The molecule has 0 atom stereocenters. The molecule has 2 aromatic rings. The second-order valence-electron chi connectivity index (χ2n) is 7.23. The Labute approximate surface area is 151 Å². The molecule has 3 rings (SSSR count). The molecule has 1 aliphatic rings. The van der Waals surface area contributed by atoms with Crippen LogP contribution in [-0.2, 0) is 4.74 Å². The van der Waals surface area contributed by atoms with Gasteiger partial charge in [-0.05, 0) is 44.9 Å². The van der Waals surface area contributed by atoms with E-state index in [0.29, 0.717) is 42.4 Å². The van der Waals surface area contributed by atoms with Crippen molar-refractivity contribution < 1.29 is 18.3 Å². The molecule has 0 radical (unpaired) electrons. The van der Waals surface area contributed by atoms with Gasteiger partial charge in [0.2, 0.25) is 11.8 Å². The first-order valence-electron chi connectivity index (χ1n) is 8.50. The van der Waals surface area contributed by atoms with Crippen LogP contribution in [-0.4, -0.2) is 39.9 Å². The van der Waals surface area contributed by atoms with E-state index >= 15 is 0 Å². The monoisotopic (exact) mass is 359 g/mol. The SMILES string of the molecule is Cc1nnc(-c2ccc(C3=CCN(C(=O)OC(C)(C)C)CC3)c(F)c2)o1. The maximum absolute atomic E-state index is 14.6.